The van der Waals surface area contributed by atoms with Crippen molar-refractivity contribution in [1.29, 1.82) is 0 Å². The summed E-state index contributed by atoms with van der Waals surface area (Å²) in [6, 6.07) is 8.50. The zero-order valence-corrected chi connectivity index (χ0v) is 14.1. The first-order chi connectivity index (χ1) is 11.6. The minimum atomic E-state index is -0.280. The second-order valence-electron chi connectivity index (χ2n) is 5.01. The molecule has 0 saturated carbocycles. The quantitative estimate of drug-likeness (QED) is 0.658. The summed E-state index contributed by atoms with van der Waals surface area (Å²) in [5.41, 5.74) is 1.06. The Hall–Kier alpha value is -2.60. The van der Waals surface area contributed by atoms with Crippen LogP contribution in [0.5, 0.6) is 23.0 Å². The van der Waals surface area contributed by atoms with Crippen molar-refractivity contribution in [3.8, 4) is 23.0 Å². The Balaban J connectivity index is 1.88. The van der Waals surface area contributed by atoms with Crippen LogP contribution in [0.2, 0.25) is 0 Å². The van der Waals surface area contributed by atoms with Crippen molar-refractivity contribution in [2.45, 2.75) is 4.90 Å². The van der Waals surface area contributed by atoms with Crippen LogP contribution in [-0.4, -0.2) is 31.0 Å². The molecule has 0 aromatic heterocycles. The highest BCUT2D eigenvalue weighted by molar-refractivity contribution is 7.99. The van der Waals surface area contributed by atoms with Crippen LogP contribution in [-0.2, 0) is 0 Å². The minimum absolute atomic E-state index is 0.0475. The lowest BCUT2D eigenvalue weighted by Crippen LogP contribution is -1.97. The van der Waals surface area contributed by atoms with E-state index in [1.807, 2.05) is 6.07 Å². The number of aromatic hydroxyl groups is 1. The lowest BCUT2D eigenvalue weighted by atomic mass is 10.1. The number of hydrogen-bond acceptors (Lipinski definition) is 6. The molecule has 24 heavy (non-hydrogen) atoms. The number of thioether (sulfide) groups is 1. The third kappa shape index (κ3) is 3.05. The fourth-order valence-corrected chi connectivity index (χ4v) is 3.33. The summed E-state index contributed by atoms with van der Waals surface area (Å²) in [4.78, 5) is 13.2. The molecule has 124 valence electrons. The first-order valence-corrected chi connectivity index (χ1v) is 8.18. The van der Waals surface area contributed by atoms with Gasteiger partial charge in [0.2, 0.25) is 0 Å². The number of ketones is 1. The molecule has 2 aromatic rings. The fourth-order valence-electron chi connectivity index (χ4n) is 2.41. The van der Waals surface area contributed by atoms with Crippen LogP contribution in [0.25, 0.3) is 6.08 Å². The normalized spacial score (nSPS) is 12.8. The van der Waals surface area contributed by atoms with Gasteiger partial charge in [-0.25, -0.2) is 0 Å². The van der Waals surface area contributed by atoms with E-state index in [1.165, 1.54) is 23.9 Å². The maximum absolute atomic E-state index is 12.5. The van der Waals surface area contributed by atoms with Gasteiger partial charge in [0.05, 0.1) is 24.7 Å². The summed E-state index contributed by atoms with van der Waals surface area (Å²) in [5.74, 6) is 1.94. The van der Waals surface area contributed by atoms with Gasteiger partial charge in [0.1, 0.15) is 17.4 Å². The van der Waals surface area contributed by atoms with E-state index in [0.717, 1.165) is 5.56 Å². The summed E-state index contributed by atoms with van der Waals surface area (Å²) >= 11 is 1.40. The van der Waals surface area contributed by atoms with Gasteiger partial charge < -0.3 is 19.3 Å². The van der Waals surface area contributed by atoms with Crippen LogP contribution >= 0.6 is 11.8 Å². The van der Waals surface area contributed by atoms with Crippen molar-refractivity contribution in [3.05, 3.63) is 47.5 Å². The van der Waals surface area contributed by atoms with Crippen molar-refractivity contribution in [2.75, 3.05) is 20.2 Å². The molecule has 0 radical (unpaired) electrons. The largest absolute Gasteiger partial charge is 0.507 e. The van der Waals surface area contributed by atoms with Crippen LogP contribution < -0.4 is 14.2 Å². The molecule has 2 aromatic carbocycles. The molecule has 0 amide bonds. The summed E-state index contributed by atoms with van der Waals surface area (Å²) in [7, 11) is 3.12. The number of rotatable bonds is 5. The number of benzene rings is 2. The molecule has 0 saturated heterocycles. The molecule has 5 nitrogen and oxygen atoms in total. The van der Waals surface area contributed by atoms with Gasteiger partial charge in [-0.3, -0.25) is 4.79 Å². The number of phenolic OH excluding ortho intramolecular Hbond substituents is 1. The standard InChI is InChI=1S/C18H16O5S/c1-21-14-7-4-11(9-16(14)22-2)3-5-12(19)17-13(20)6-8-15-18(17)24-10-23-15/h3-9,20H,10H2,1-2H3/b5-3+. The highest BCUT2D eigenvalue weighted by Gasteiger charge is 2.23. The smallest absolute Gasteiger partial charge is 0.190 e. The third-order valence-electron chi connectivity index (χ3n) is 3.60. The Morgan fingerprint density at radius 3 is 2.75 bits per heavy atom. The summed E-state index contributed by atoms with van der Waals surface area (Å²) in [5, 5.41) is 10.0. The van der Waals surface area contributed by atoms with E-state index >= 15 is 0 Å². The van der Waals surface area contributed by atoms with E-state index in [2.05, 4.69) is 0 Å². The number of fused-ring (bicyclic) bond motifs is 1. The zero-order chi connectivity index (χ0) is 17.1. The summed E-state index contributed by atoms with van der Waals surface area (Å²) < 4.78 is 15.8. The SMILES string of the molecule is COc1ccc(/C=C/C(=O)c2c(O)ccc3c2SCO3)cc1OC. The van der Waals surface area contributed by atoms with Crippen LogP contribution in [0.3, 0.4) is 0 Å². The van der Waals surface area contributed by atoms with Crippen molar-refractivity contribution >= 4 is 23.6 Å². The molecule has 1 N–H and O–H groups in total. The number of methoxy groups -OCH3 is 2. The molecule has 0 aliphatic carbocycles. The van der Waals surface area contributed by atoms with E-state index in [4.69, 9.17) is 14.2 Å². The molecule has 0 unspecified atom stereocenters. The Morgan fingerprint density at radius 2 is 2.00 bits per heavy atom. The van der Waals surface area contributed by atoms with Gasteiger partial charge in [-0.15, -0.1) is 0 Å². The second-order valence-corrected chi connectivity index (χ2v) is 5.94. The predicted molar refractivity (Wildman–Crippen MR) is 92.4 cm³/mol. The van der Waals surface area contributed by atoms with Gasteiger partial charge in [0.25, 0.3) is 0 Å². The van der Waals surface area contributed by atoms with Crippen LogP contribution in [0, 0.1) is 0 Å². The number of carbonyl (C=O) groups excluding carboxylic acids is 1. The summed E-state index contributed by atoms with van der Waals surface area (Å²) in [6.07, 6.45) is 3.10. The van der Waals surface area contributed by atoms with Crippen molar-refractivity contribution in [2.24, 2.45) is 0 Å². The van der Waals surface area contributed by atoms with Crippen LogP contribution in [0.1, 0.15) is 15.9 Å². The van der Waals surface area contributed by atoms with E-state index in [0.29, 0.717) is 28.1 Å². The summed E-state index contributed by atoms with van der Waals surface area (Å²) in [6.45, 7) is 0. The number of phenols is 1. The molecule has 1 heterocycles. The average molecular weight is 344 g/mol. The van der Waals surface area contributed by atoms with Crippen LogP contribution in [0.15, 0.2) is 41.3 Å². The van der Waals surface area contributed by atoms with Gasteiger partial charge in [-0.1, -0.05) is 23.9 Å². The number of allylic oxidation sites excluding steroid dienone is 1. The molecule has 0 spiro atoms. The van der Waals surface area contributed by atoms with Crippen molar-refractivity contribution in [1.82, 2.24) is 0 Å². The number of hydrogen-bond donors (Lipinski definition) is 1. The molecule has 0 fully saturated rings. The number of carbonyl (C=O) groups is 1. The van der Waals surface area contributed by atoms with Crippen LogP contribution in [0.4, 0.5) is 0 Å². The lowest BCUT2D eigenvalue weighted by molar-refractivity contribution is 0.104. The lowest BCUT2D eigenvalue weighted by Gasteiger charge is -2.08. The zero-order valence-electron chi connectivity index (χ0n) is 13.2. The maximum Gasteiger partial charge on any atom is 0.190 e. The topological polar surface area (TPSA) is 65.0 Å². The predicted octanol–water partition coefficient (Wildman–Crippen LogP) is 3.75. The Bertz CT molecular complexity index is 813. The Morgan fingerprint density at radius 1 is 1.21 bits per heavy atom. The minimum Gasteiger partial charge on any atom is -0.507 e. The van der Waals surface area contributed by atoms with E-state index < -0.39 is 0 Å². The van der Waals surface area contributed by atoms with Gasteiger partial charge in [0.15, 0.2) is 17.3 Å². The Labute approximate surface area is 143 Å². The highest BCUT2D eigenvalue weighted by atomic mass is 32.2. The van der Waals surface area contributed by atoms with Crippen molar-refractivity contribution < 1.29 is 24.1 Å². The molecule has 1 aliphatic heterocycles. The van der Waals surface area contributed by atoms with Crippen molar-refractivity contribution in [3.63, 3.8) is 0 Å². The molecule has 6 heteroatoms. The molecule has 0 atom stereocenters. The molecule has 3 rings (SSSR count). The molecular weight excluding hydrogens is 328 g/mol. The van der Waals surface area contributed by atoms with Gasteiger partial charge in [-0.05, 0) is 35.9 Å². The second kappa shape index (κ2) is 6.88. The fraction of sp³-hybridized carbons (Fsp3) is 0.167. The van der Waals surface area contributed by atoms with E-state index in [-0.39, 0.29) is 17.1 Å². The Kier molecular flexibility index (Phi) is 4.66. The molecule has 0 bridgehead atoms. The first kappa shape index (κ1) is 16.3. The first-order valence-electron chi connectivity index (χ1n) is 7.20. The molecular formula is C18H16O5S. The molecule has 1 aliphatic rings. The highest BCUT2D eigenvalue weighted by Crippen LogP contribution is 2.42. The monoisotopic (exact) mass is 344 g/mol. The average Bonchev–Trinajstić information content (AvgIpc) is 3.07. The third-order valence-corrected chi connectivity index (χ3v) is 4.53. The van der Waals surface area contributed by atoms with E-state index in [1.54, 1.807) is 38.5 Å². The number of ether oxygens (including phenoxy) is 3. The maximum atomic E-state index is 12.5. The van der Waals surface area contributed by atoms with Gasteiger partial charge in [-0.2, -0.15) is 0 Å². The van der Waals surface area contributed by atoms with E-state index in [9.17, 15) is 9.90 Å². The van der Waals surface area contributed by atoms with Gasteiger partial charge in [0, 0.05) is 0 Å². The van der Waals surface area contributed by atoms with Gasteiger partial charge >= 0.3 is 0 Å².